The van der Waals surface area contributed by atoms with Crippen molar-refractivity contribution >= 4 is 45.0 Å². The van der Waals surface area contributed by atoms with E-state index in [9.17, 15) is 13.2 Å². The van der Waals surface area contributed by atoms with Crippen molar-refractivity contribution in [3.05, 3.63) is 63.1 Å². The molecule has 0 N–H and O–H groups in total. The number of ether oxygens (including phenoxy) is 1. The summed E-state index contributed by atoms with van der Waals surface area (Å²) in [4.78, 5) is 14.4. The molecule has 9 heteroatoms. The van der Waals surface area contributed by atoms with E-state index in [2.05, 4.69) is 0 Å². The molecule has 6 nitrogen and oxygen atoms in total. The van der Waals surface area contributed by atoms with Crippen LogP contribution in [-0.4, -0.2) is 45.4 Å². The van der Waals surface area contributed by atoms with Crippen LogP contribution in [0.15, 0.2) is 36.4 Å². The number of fused-ring (bicyclic) bond motifs is 1. The number of carbonyl (C=O) groups excluding carboxylic acids is 1. The molecule has 0 spiro atoms. The first-order valence-electron chi connectivity index (χ1n) is 10.7. The van der Waals surface area contributed by atoms with E-state index in [-0.39, 0.29) is 12.0 Å². The summed E-state index contributed by atoms with van der Waals surface area (Å²) >= 11 is 12.4. The van der Waals surface area contributed by atoms with Gasteiger partial charge in [0.1, 0.15) is 5.60 Å². The highest BCUT2D eigenvalue weighted by atomic mass is 35.5. The van der Waals surface area contributed by atoms with Gasteiger partial charge in [0.2, 0.25) is 10.0 Å². The van der Waals surface area contributed by atoms with Crippen LogP contribution in [-0.2, 0) is 14.8 Å². The van der Waals surface area contributed by atoms with Crippen LogP contribution in [0.1, 0.15) is 62.3 Å². The first-order valence-corrected chi connectivity index (χ1v) is 13.3. The molecular weight excluding hydrogens is 483 g/mol. The molecule has 33 heavy (non-hydrogen) atoms. The van der Waals surface area contributed by atoms with E-state index in [0.717, 1.165) is 29.4 Å². The zero-order valence-corrected chi connectivity index (χ0v) is 22.1. The van der Waals surface area contributed by atoms with Gasteiger partial charge < -0.3 is 9.64 Å². The molecule has 0 radical (unpaired) electrons. The quantitative estimate of drug-likeness (QED) is 0.487. The number of hydrogen-bond acceptors (Lipinski definition) is 4. The SMILES string of the molecule is CN(C(=O)OC(C)(C)C)[C@H]1CC[C@@H](c2ccc(Cl)c(Cl)c2)c2ccc(N(C)S(C)(=O)=O)cc21. The molecule has 0 saturated carbocycles. The molecule has 180 valence electrons. The van der Waals surface area contributed by atoms with Gasteiger partial charge in [0.15, 0.2) is 0 Å². The van der Waals surface area contributed by atoms with Crippen molar-refractivity contribution in [1.29, 1.82) is 0 Å². The summed E-state index contributed by atoms with van der Waals surface area (Å²) in [5.74, 6) is 0.0376. The first kappa shape index (κ1) is 25.7. The van der Waals surface area contributed by atoms with Gasteiger partial charge in [-0.15, -0.1) is 0 Å². The summed E-state index contributed by atoms with van der Waals surface area (Å²) in [6.45, 7) is 5.48. The van der Waals surface area contributed by atoms with Crippen LogP contribution in [0.5, 0.6) is 0 Å². The van der Waals surface area contributed by atoms with Gasteiger partial charge in [0.05, 0.1) is 28.0 Å². The molecule has 0 aromatic heterocycles. The number of sulfonamides is 1. The Balaban J connectivity index is 2.09. The number of anilines is 1. The van der Waals surface area contributed by atoms with Gasteiger partial charge in [-0.2, -0.15) is 0 Å². The van der Waals surface area contributed by atoms with Crippen molar-refractivity contribution in [3.8, 4) is 0 Å². The lowest BCUT2D eigenvalue weighted by Gasteiger charge is -2.38. The van der Waals surface area contributed by atoms with Crippen LogP contribution in [0.4, 0.5) is 10.5 Å². The number of hydrogen-bond donors (Lipinski definition) is 0. The van der Waals surface area contributed by atoms with Crippen molar-refractivity contribution in [2.75, 3.05) is 24.7 Å². The van der Waals surface area contributed by atoms with Gasteiger partial charge in [0.25, 0.3) is 0 Å². The number of benzene rings is 2. The number of carbonyl (C=O) groups is 1. The Morgan fingerprint density at radius 1 is 1.00 bits per heavy atom. The van der Waals surface area contributed by atoms with E-state index in [1.54, 1.807) is 24.1 Å². The maximum absolute atomic E-state index is 12.8. The number of amides is 1. The lowest BCUT2D eigenvalue weighted by atomic mass is 9.76. The summed E-state index contributed by atoms with van der Waals surface area (Å²) in [5.41, 5.74) is 2.84. The Morgan fingerprint density at radius 2 is 1.67 bits per heavy atom. The lowest BCUT2D eigenvalue weighted by Crippen LogP contribution is -2.38. The van der Waals surface area contributed by atoms with Crippen LogP contribution < -0.4 is 4.31 Å². The smallest absolute Gasteiger partial charge is 0.410 e. The third-order valence-electron chi connectivity index (χ3n) is 5.89. The second kappa shape index (κ2) is 9.35. The first-order chi connectivity index (χ1) is 15.2. The summed E-state index contributed by atoms with van der Waals surface area (Å²) in [7, 11) is -0.207. The molecule has 1 amide bonds. The third kappa shape index (κ3) is 5.76. The van der Waals surface area contributed by atoms with Crippen molar-refractivity contribution in [3.63, 3.8) is 0 Å². The molecule has 2 atom stereocenters. The van der Waals surface area contributed by atoms with Crippen molar-refractivity contribution in [2.45, 2.75) is 51.2 Å². The van der Waals surface area contributed by atoms with Gasteiger partial charge in [0, 0.05) is 20.0 Å². The van der Waals surface area contributed by atoms with E-state index in [0.29, 0.717) is 22.2 Å². The molecule has 3 rings (SSSR count). The van der Waals surface area contributed by atoms with Crippen molar-refractivity contribution < 1.29 is 17.9 Å². The Kier molecular flexibility index (Phi) is 7.27. The number of rotatable bonds is 4. The Morgan fingerprint density at radius 3 is 2.24 bits per heavy atom. The Labute approximate surface area is 206 Å². The largest absolute Gasteiger partial charge is 0.444 e. The van der Waals surface area contributed by atoms with Crippen LogP contribution in [0.25, 0.3) is 0 Å². The third-order valence-corrected chi connectivity index (χ3v) is 7.83. The normalized spacial score (nSPS) is 18.4. The average Bonchev–Trinajstić information content (AvgIpc) is 2.71. The van der Waals surface area contributed by atoms with E-state index in [1.807, 2.05) is 45.0 Å². The zero-order valence-electron chi connectivity index (χ0n) is 19.7. The summed E-state index contributed by atoms with van der Waals surface area (Å²) in [6, 6.07) is 10.9. The van der Waals surface area contributed by atoms with Crippen molar-refractivity contribution in [1.82, 2.24) is 4.90 Å². The molecule has 0 heterocycles. The van der Waals surface area contributed by atoms with E-state index >= 15 is 0 Å². The minimum absolute atomic E-state index is 0.0376. The van der Waals surface area contributed by atoms with Gasteiger partial charge in [-0.05, 0) is 74.6 Å². The molecule has 1 aliphatic carbocycles. The average molecular weight is 513 g/mol. The summed E-state index contributed by atoms with van der Waals surface area (Å²) in [5, 5.41) is 0.973. The number of halogens is 2. The maximum Gasteiger partial charge on any atom is 0.410 e. The van der Waals surface area contributed by atoms with Crippen molar-refractivity contribution in [2.24, 2.45) is 0 Å². The van der Waals surface area contributed by atoms with E-state index in [1.165, 1.54) is 11.4 Å². The standard InChI is InChI=1S/C24H30Cl2N2O4S/c1-24(2,3)32-23(29)27(4)22-12-10-17(15-7-11-20(25)21(26)13-15)18-9-8-16(14-19(18)22)28(5)33(6,30)31/h7-9,11,13-14,17,22H,10,12H2,1-6H3/t17-,22-/m0/s1. The van der Waals surface area contributed by atoms with E-state index in [4.69, 9.17) is 27.9 Å². The number of nitrogens with zero attached hydrogens (tertiary/aromatic N) is 2. The fourth-order valence-corrected chi connectivity index (χ4v) is 4.93. The molecule has 2 aromatic carbocycles. The van der Waals surface area contributed by atoms with Crippen LogP contribution in [0, 0.1) is 0 Å². The molecular formula is C24H30Cl2N2O4S. The molecule has 2 aromatic rings. The molecule has 0 fully saturated rings. The topological polar surface area (TPSA) is 66.9 Å². The van der Waals surface area contributed by atoms with Gasteiger partial charge in [-0.25, -0.2) is 13.2 Å². The van der Waals surface area contributed by atoms with Crippen LogP contribution in [0.2, 0.25) is 10.0 Å². The monoisotopic (exact) mass is 512 g/mol. The minimum Gasteiger partial charge on any atom is -0.444 e. The highest BCUT2D eigenvalue weighted by molar-refractivity contribution is 7.92. The zero-order chi connectivity index (χ0) is 24.7. The highest BCUT2D eigenvalue weighted by Gasteiger charge is 2.34. The Hall–Kier alpha value is -1.96. The second-order valence-electron chi connectivity index (χ2n) is 9.45. The predicted molar refractivity (Wildman–Crippen MR) is 134 cm³/mol. The Bertz CT molecular complexity index is 1160. The lowest BCUT2D eigenvalue weighted by molar-refractivity contribution is 0.0202. The molecule has 1 aliphatic rings. The van der Waals surface area contributed by atoms with Crippen LogP contribution in [0.3, 0.4) is 0 Å². The summed E-state index contributed by atoms with van der Waals surface area (Å²) < 4.78 is 31.1. The van der Waals surface area contributed by atoms with E-state index < -0.39 is 21.7 Å². The molecule has 0 saturated heterocycles. The summed E-state index contributed by atoms with van der Waals surface area (Å²) in [6.07, 6.45) is 2.20. The second-order valence-corrected chi connectivity index (χ2v) is 12.3. The predicted octanol–water partition coefficient (Wildman–Crippen LogP) is 6.22. The van der Waals surface area contributed by atoms with Gasteiger partial charge in [-0.3, -0.25) is 4.31 Å². The fraction of sp³-hybridized carbons (Fsp3) is 0.458. The fourth-order valence-electron chi connectivity index (χ4n) is 4.13. The maximum atomic E-state index is 12.8. The minimum atomic E-state index is -3.44. The van der Waals surface area contributed by atoms with Crippen LogP contribution >= 0.6 is 23.2 Å². The molecule has 0 unspecified atom stereocenters. The van der Waals surface area contributed by atoms with Gasteiger partial charge >= 0.3 is 6.09 Å². The molecule has 0 aliphatic heterocycles. The van der Waals surface area contributed by atoms with Gasteiger partial charge in [-0.1, -0.05) is 35.3 Å². The highest BCUT2D eigenvalue weighted by Crippen LogP contribution is 2.45. The molecule has 0 bridgehead atoms.